The van der Waals surface area contributed by atoms with Crippen molar-refractivity contribution >= 4 is 12.0 Å². The molecule has 0 bridgehead atoms. The summed E-state index contributed by atoms with van der Waals surface area (Å²) in [5.41, 5.74) is 0.533. The lowest BCUT2D eigenvalue weighted by Gasteiger charge is -2.36. The molecule has 1 saturated heterocycles. The number of piperazine rings is 1. The van der Waals surface area contributed by atoms with Gasteiger partial charge in [-0.15, -0.1) is 0 Å². The maximum Gasteiger partial charge on any atom is 0.408 e. The second-order valence-corrected chi connectivity index (χ2v) is 8.16. The van der Waals surface area contributed by atoms with Crippen LogP contribution in [0.4, 0.5) is 4.79 Å². The topological polar surface area (TPSA) is 80.3 Å². The average Bonchev–Trinajstić information content (AvgIpc) is 2.66. The quantitative estimate of drug-likeness (QED) is 0.779. The number of ether oxygens (including phenoxy) is 3. The number of methoxy groups -OCH3 is 2. The van der Waals surface area contributed by atoms with E-state index in [-0.39, 0.29) is 5.91 Å². The van der Waals surface area contributed by atoms with Crippen LogP contribution in [0.25, 0.3) is 0 Å². The number of carbonyl (C=O) groups is 2. The van der Waals surface area contributed by atoms with Crippen molar-refractivity contribution in [1.82, 2.24) is 15.1 Å². The van der Waals surface area contributed by atoms with Crippen molar-refractivity contribution in [3.63, 3.8) is 0 Å². The van der Waals surface area contributed by atoms with Crippen molar-refractivity contribution in [2.45, 2.75) is 45.9 Å². The molecule has 0 aliphatic carbocycles. The van der Waals surface area contributed by atoms with Crippen LogP contribution in [0.1, 0.15) is 33.3 Å². The van der Waals surface area contributed by atoms with Gasteiger partial charge in [0.2, 0.25) is 5.91 Å². The number of carbonyl (C=O) groups excluding carboxylic acids is 2. The van der Waals surface area contributed by atoms with Crippen LogP contribution >= 0.6 is 0 Å². The second kappa shape index (κ2) is 9.82. The molecule has 0 radical (unpaired) electrons. The van der Waals surface area contributed by atoms with E-state index in [0.29, 0.717) is 24.6 Å². The molecule has 29 heavy (non-hydrogen) atoms. The molecule has 1 heterocycles. The molecule has 1 atom stereocenters. The van der Waals surface area contributed by atoms with Crippen molar-refractivity contribution in [2.75, 3.05) is 40.4 Å². The van der Waals surface area contributed by atoms with E-state index >= 15 is 0 Å². The molecule has 1 N–H and O–H groups in total. The molecule has 1 aliphatic heterocycles. The number of hydrogen-bond acceptors (Lipinski definition) is 6. The number of alkyl carbamates (subject to hydrolysis) is 1. The van der Waals surface area contributed by atoms with Crippen molar-refractivity contribution < 1.29 is 23.8 Å². The molecule has 162 valence electrons. The van der Waals surface area contributed by atoms with Crippen LogP contribution in [0.2, 0.25) is 0 Å². The van der Waals surface area contributed by atoms with Gasteiger partial charge in [0.05, 0.1) is 14.2 Å². The number of nitrogens with one attached hydrogen (secondary N) is 1. The molecule has 2 rings (SSSR count). The molecular formula is C21H33N3O5. The minimum atomic E-state index is -0.623. The van der Waals surface area contributed by atoms with Gasteiger partial charge < -0.3 is 24.4 Å². The lowest BCUT2D eigenvalue weighted by Crippen LogP contribution is -2.54. The second-order valence-electron chi connectivity index (χ2n) is 8.16. The van der Waals surface area contributed by atoms with Gasteiger partial charge in [-0.25, -0.2) is 4.79 Å². The zero-order valence-electron chi connectivity index (χ0n) is 18.3. The summed E-state index contributed by atoms with van der Waals surface area (Å²) >= 11 is 0. The predicted molar refractivity (Wildman–Crippen MR) is 110 cm³/mol. The lowest BCUT2D eigenvalue weighted by atomic mass is 10.1. The number of nitrogens with zero attached hydrogens (tertiary/aromatic N) is 2. The van der Waals surface area contributed by atoms with Gasteiger partial charge in [-0.05, 0) is 45.4 Å². The standard InChI is InChI=1S/C21H33N3O5/c1-15(22-20(26)29-21(2,3)4)19(25)24-11-9-23(10-12-24)14-16-7-8-17(27-5)18(13-16)28-6/h7-8,13,15H,9-12,14H2,1-6H3,(H,22,26). The van der Waals surface area contributed by atoms with Gasteiger partial charge in [0.15, 0.2) is 11.5 Å². The Hall–Kier alpha value is -2.48. The lowest BCUT2D eigenvalue weighted by molar-refractivity contribution is -0.134. The Labute approximate surface area is 173 Å². The van der Waals surface area contributed by atoms with Crippen LogP contribution < -0.4 is 14.8 Å². The highest BCUT2D eigenvalue weighted by molar-refractivity contribution is 5.85. The monoisotopic (exact) mass is 407 g/mol. The summed E-state index contributed by atoms with van der Waals surface area (Å²) in [6.45, 7) is 10.6. The third-order valence-electron chi connectivity index (χ3n) is 4.64. The van der Waals surface area contributed by atoms with Gasteiger partial charge in [-0.2, -0.15) is 0 Å². The molecule has 0 saturated carbocycles. The molecule has 8 nitrogen and oxygen atoms in total. The highest BCUT2D eigenvalue weighted by Crippen LogP contribution is 2.28. The summed E-state index contributed by atoms with van der Waals surface area (Å²) < 4.78 is 15.9. The SMILES string of the molecule is COc1ccc(CN2CCN(C(=O)C(C)NC(=O)OC(C)(C)C)CC2)cc1OC. The predicted octanol–water partition coefficient (Wildman–Crippen LogP) is 2.26. The molecule has 1 fully saturated rings. The van der Waals surface area contributed by atoms with Gasteiger partial charge in [-0.1, -0.05) is 6.07 Å². The van der Waals surface area contributed by atoms with E-state index in [1.165, 1.54) is 0 Å². The summed E-state index contributed by atoms with van der Waals surface area (Å²) in [6, 6.07) is 5.27. The van der Waals surface area contributed by atoms with Crippen LogP contribution in [-0.2, 0) is 16.1 Å². The summed E-state index contributed by atoms with van der Waals surface area (Å²) in [5, 5.41) is 2.62. The average molecular weight is 408 g/mol. The fourth-order valence-electron chi connectivity index (χ4n) is 3.18. The third kappa shape index (κ3) is 6.81. The van der Waals surface area contributed by atoms with Crippen molar-refractivity contribution in [1.29, 1.82) is 0 Å². The first-order valence-corrected chi connectivity index (χ1v) is 9.84. The smallest absolute Gasteiger partial charge is 0.408 e. The summed E-state index contributed by atoms with van der Waals surface area (Å²) in [6.07, 6.45) is -0.578. The maximum absolute atomic E-state index is 12.6. The summed E-state index contributed by atoms with van der Waals surface area (Å²) in [4.78, 5) is 28.6. The first-order valence-electron chi connectivity index (χ1n) is 9.84. The Kier molecular flexibility index (Phi) is 7.73. The normalized spacial score (nSPS) is 16.1. The van der Waals surface area contributed by atoms with Crippen molar-refractivity contribution in [3.8, 4) is 11.5 Å². The molecule has 1 aliphatic rings. The molecule has 1 unspecified atom stereocenters. The maximum atomic E-state index is 12.6. The van der Waals surface area contributed by atoms with E-state index in [1.54, 1.807) is 46.8 Å². The van der Waals surface area contributed by atoms with Gasteiger partial charge in [0, 0.05) is 32.7 Å². The van der Waals surface area contributed by atoms with Crippen LogP contribution in [0, 0.1) is 0 Å². The van der Waals surface area contributed by atoms with Crippen LogP contribution in [-0.4, -0.2) is 73.8 Å². The van der Waals surface area contributed by atoms with E-state index in [2.05, 4.69) is 10.2 Å². The Balaban J connectivity index is 1.84. The Morgan fingerprint density at radius 3 is 2.24 bits per heavy atom. The van der Waals surface area contributed by atoms with E-state index in [0.717, 1.165) is 25.2 Å². The fourth-order valence-corrected chi connectivity index (χ4v) is 3.18. The van der Waals surface area contributed by atoms with Gasteiger partial charge in [0.25, 0.3) is 0 Å². The minimum Gasteiger partial charge on any atom is -0.493 e. The third-order valence-corrected chi connectivity index (χ3v) is 4.64. The van der Waals surface area contributed by atoms with Crippen molar-refractivity contribution in [3.05, 3.63) is 23.8 Å². The molecule has 0 spiro atoms. The van der Waals surface area contributed by atoms with Crippen LogP contribution in [0.15, 0.2) is 18.2 Å². The van der Waals surface area contributed by atoms with Crippen molar-refractivity contribution in [2.24, 2.45) is 0 Å². The summed E-state index contributed by atoms with van der Waals surface area (Å²) in [7, 11) is 3.24. The zero-order chi connectivity index (χ0) is 21.6. The van der Waals surface area contributed by atoms with Crippen LogP contribution in [0.5, 0.6) is 11.5 Å². The number of benzene rings is 1. The fraction of sp³-hybridized carbons (Fsp3) is 0.619. The number of amides is 2. The van der Waals surface area contributed by atoms with E-state index in [1.807, 2.05) is 18.2 Å². The van der Waals surface area contributed by atoms with E-state index < -0.39 is 17.7 Å². The molecule has 1 aromatic carbocycles. The zero-order valence-corrected chi connectivity index (χ0v) is 18.3. The minimum absolute atomic E-state index is 0.0957. The molecular weight excluding hydrogens is 374 g/mol. The Bertz CT molecular complexity index is 709. The first kappa shape index (κ1) is 22.8. The van der Waals surface area contributed by atoms with Crippen LogP contribution in [0.3, 0.4) is 0 Å². The number of hydrogen-bond donors (Lipinski definition) is 1. The largest absolute Gasteiger partial charge is 0.493 e. The first-order chi connectivity index (χ1) is 13.6. The van der Waals surface area contributed by atoms with E-state index in [9.17, 15) is 9.59 Å². The number of rotatable bonds is 6. The van der Waals surface area contributed by atoms with Gasteiger partial charge in [0.1, 0.15) is 11.6 Å². The molecule has 8 heteroatoms. The molecule has 0 aromatic heterocycles. The Morgan fingerprint density at radius 2 is 1.69 bits per heavy atom. The summed E-state index contributed by atoms with van der Waals surface area (Å²) in [5.74, 6) is 1.32. The molecule has 1 aromatic rings. The Morgan fingerprint density at radius 1 is 1.07 bits per heavy atom. The highest BCUT2D eigenvalue weighted by atomic mass is 16.6. The van der Waals surface area contributed by atoms with Gasteiger partial charge in [-0.3, -0.25) is 9.69 Å². The highest BCUT2D eigenvalue weighted by Gasteiger charge is 2.27. The molecule has 2 amide bonds. The van der Waals surface area contributed by atoms with Gasteiger partial charge >= 0.3 is 6.09 Å². The van der Waals surface area contributed by atoms with E-state index in [4.69, 9.17) is 14.2 Å².